The number of pyridine rings is 1. The van der Waals surface area contributed by atoms with Crippen molar-refractivity contribution in [1.29, 1.82) is 0 Å². The molecule has 0 aliphatic heterocycles. The Morgan fingerprint density at radius 3 is 2.61 bits per heavy atom. The first-order valence-electron chi connectivity index (χ1n) is 4.86. The van der Waals surface area contributed by atoms with Gasteiger partial charge in [-0.05, 0) is 12.1 Å². The van der Waals surface area contributed by atoms with Crippen molar-refractivity contribution in [2.24, 2.45) is 0 Å². The quantitative estimate of drug-likeness (QED) is 0.680. The summed E-state index contributed by atoms with van der Waals surface area (Å²) in [4.78, 5) is 36.5. The zero-order valence-electron chi connectivity index (χ0n) is 9.47. The van der Waals surface area contributed by atoms with Gasteiger partial charge in [-0.25, -0.2) is 14.6 Å². The van der Waals surface area contributed by atoms with Crippen molar-refractivity contribution < 1.29 is 19.5 Å². The molecule has 1 aromatic rings. The van der Waals surface area contributed by atoms with Crippen LogP contribution in [0.4, 0.5) is 4.79 Å². The van der Waals surface area contributed by atoms with Crippen LogP contribution in [0.1, 0.15) is 10.4 Å². The molecule has 0 unspecified atom stereocenters. The van der Waals surface area contributed by atoms with Crippen LogP contribution >= 0.6 is 11.8 Å². The van der Waals surface area contributed by atoms with Crippen LogP contribution in [0.2, 0.25) is 0 Å². The highest BCUT2D eigenvalue weighted by molar-refractivity contribution is 7.99. The lowest BCUT2D eigenvalue weighted by atomic mass is 10.3. The minimum atomic E-state index is -1.06. The predicted octanol–water partition coefficient (Wildman–Crippen LogP) is 0.327. The average molecular weight is 269 g/mol. The molecule has 0 spiro atoms. The van der Waals surface area contributed by atoms with Gasteiger partial charge >= 0.3 is 12.0 Å². The molecule has 0 aliphatic rings. The number of nitrogens with one attached hydrogen (secondary N) is 2. The van der Waals surface area contributed by atoms with Crippen molar-refractivity contribution in [2.75, 3.05) is 12.8 Å². The number of aromatic nitrogens is 1. The Morgan fingerprint density at radius 1 is 1.39 bits per heavy atom. The van der Waals surface area contributed by atoms with Crippen LogP contribution in [-0.2, 0) is 4.79 Å². The molecule has 1 rings (SSSR count). The first-order chi connectivity index (χ1) is 8.52. The molecule has 3 amide bonds. The number of carboxylic acids is 1. The van der Waals surface area contributed by atoms with Crippen LogP contribution in [0.3, 0.4) is 0 Å². The summed E-state index contributed by atoms with van der Waals surface area (Å²) in [7, 11) is 1.40. The Morgan fingerprint density at radius 2 is 2.11 bits per heavy atom. The molecule has 0 bridgehead atoms. The number of urea groups is 1. The van der Waals surface area contributed by atoms with E-state index in [0.29, 0.717) is 5.03 Å². The molecule has 0 fully saturated rings. The number of hydrogen-bond acceptors (Lipinski definition) is 5. The highest BCUT2D eigenvalue weighted by Gasteiger charge is 2.08. The molecule has 0 aromatic carbocycles. The zero-order valence-corrected chi connectivity index (χ0v) is 10.3. The van der Waals surface area contributed by atoms with Gasteiger partial charge in [0.2, 0.25) is 5.91 Å². The molecule has 96 valence electrons. The standard InChI is InChI=1S/C10H11N3O4S/c1-11-10(17)13-7(14)5-18-8-3-2-6(4-12-8)9(15)16/h2-4H,5H2,1H3,(H,15,16)(H2,11,13,14,17). The molecule has 0 saturated heterocycles. The second-order valence-electron chi connectivity index (χ2n) is 3.11. The number of carbonyl (C=O) groups excluding carboxylic acids is 2. The molecule has 0 saturated carbocycles. The van der Waals surface area contributed by atoms with E-state index in [9.17, 15) is 14.4 Å². The number of amides is 3. The number of rotatable bonds is 4. The number of carbonyl (C=O) groups is 3. The lowest BCUT2D eigenvalue weighted by molar-refractivity contribution is -0.117. The fourth-order valence-corrected chi connectivity index (χ4v) is 1.60. The summed E-state index contributed by atoms with van der Waals surface area (Å²) in [6.45, 7) is 0. The maximum Gasteiger partial charge on any atom is 0.337 e. The van der Waals surface area contributed by atoms with Crippen molar-refractivity contribution in [1.82, 2.24) is 15.6 Å². The number of hydrogen-bond donors (Lipinski definition) is 3. The van der Waals surface area contributed by atoms with Gasteiger partial charge in [0, 0.05) is 13.2 Å². The molecule has 3 N–H and O–H groups in total. The smallest absolute Gasteiger partial charge is 0.337 e. The van der Waals surface area contributed by atoms with Gasteiger partial charge in [0.1, 0.15) is 0 Å². The van der Waals surface area contributed by atoms with Gasteiger partial charge in [-0.3, -0.25) is 10.1 Å². The highest BCUT2D eigenvalue weighted by atomic mass is 32.2. The maximum atomic E-state index is 11.2. The minimum absolute atomic E-state index is 0.0207. The fourth-order valence-electron chi connectivity index (χ4n) is 0.957. The second-order valence-corrected chi connectivity index (χ2v) is 4.10. The summed E-state index contributed by atoms with van der Waals surface area (Å²) in [5.41, 5.74) is 0.0779. The van der Waals surface area contributed by atoms with Gasteiger partial charge in [-0.1, -0.05) is 11.8 Å². The third kappa shape index (κ3) is 4.42. The van der Waals surface area contributed by atoms with Crippen molar-refractivity contribution in [3.05, 3.63) is 23.9 Å². The number of nitrogens with zero attached hydrogens (tertiary/aromatic N) is 1. The minimum Gasteiger partial charge on any atom is -0.478 e. The molecule has 0 aliphatic carbocycles. The number of aromatic carboxylic acids is 1. The van der Waals surface area contributed by atoms with E-state index in [-0.39, 0.29) is 11.3 Å². The Labute approximate surface area is 107 Å². The predicted molar refractivity (Wildman–Crippen MR) is 64.5 cm³/mol. The molecular formula is C10H11N3O4S. The molecular weight excluding hydrogens is 258 g/mol. The normalized spacial score (nSPS) is 9.61. The third-order valence-corrected chi connectivity index (χ3v) is 2.76. The van der Waals surface area contributed by atoms with E-state index in [4.69, 9.17) is 5.11 Å². The van der Waals surface area contributed by atoms with Crippen LogP contribution in [-0.4, -0.2) is 40.8 Å². The van der Waals surface area contributed by atoms with Crippen molar-refractivity contribution >= 4 is 29.7 Å². The van der Waals surface area contributed by atoms with E-state index >= 15 is 0 Å². The van der Waals surface area contributed by atoms with Gasteiger partial charge in [0.05, 0.1) is 16.3 Å². The van der Waals surface area contributed by atoms with Crippen LogP contribution in [0.15, 0.2) is 23.4 Å². The van der Waals surface area contributed by atoms with E-state index in [1.807, 2.05) is 0 Å². The van der Waals surface area contributed by atoms with Gasteiger partial charge in [0.25, 0.3) is 0 Å². The lowest BCUT2D eigenvalue weighted by Gasteiger charge is -2.03. The third-order valence-electron chi connectivity index (χ3n) is 1.81. The number of carboxylic acid groups (broad SMARTS) is 1. The summed E-state index contributed by atoms with van der Waals surface area (Å²) in [6.07, 6.45) is 1.21. The molecule has 0 atom stereocenters. The van der Waals surface area contributed by atoms with Gasteiger partial charge in [-0.2, -0.15) is 0 Å². The van der Waals surface area contributed by atoms with Crippen LogP contribution in [0.25, 0.3) is 0 Å². The fraction of sp³-hybridized carbons (Fsp3) is 0.200. The maximum absolute atomic E-state index is 11.2. The van der Waals surface area contributed by atoms with E-state index in [1.165, 1.54) is 25.4 Å². The summed E-state index contributed by atoms with van der Waals surface area (Å²) < 4.78 is 0. The van der Waals surface area contributed by atoms with Gasteiger partial charge in [0.15, 0.2) is 0 Å². The first kappa shape index (κ1) is 14.0. The highest BCUT2D eigenvalue weighted by Crippen LogP contribution is 2.14. The van der Waals surface area contributed by atoms with E-state index in [2.05, 4.69) is 15.6 Å². The summed E-state index contributed by atoms with van der Waals surface area (Å²) >= 11 is 1.11. The first-order valence-corrected chi connectivity index (χ1v) is 5.85. The number of thioether (sulfide) groups is 1. The van der Waals surface area contributed by atoms with Crippen molar-refractivity contribution in [3.8, 4) is 0 Å². The van der Waals surface area contributed by atoms with Crippen molar-refractivity contribution in [2.45, 2.75) is 5.03 Å². The van der Waals surface area contributed by atoms with Crippen LogP contribution in [0, 0.1) is 0 Å². The molecule has 1 heterocycles. The lowest BCUT2D eigenvalue weighted by Crippen LogP contribution is -2.38. The molecule has 0 radical (unpaired) electrons. The van der Waals surface area contributed by atoms with Crippen molar-refractivity contribution in [3.63, 3.8) is 0 Å². The summed E-state index contributed by atoms with van der Waals surface area (Å²) in [6, 6.07) is 2.32. The summed E-state index contributed by atoms with van der Waals surface area (Å²) in [5, 5.41) is 13.5. The number of imide groups is 1. The molecule has 18 heavy (non-hydrogen) atoms. The van der Waals surface area contributed by atoms with E-state index in [0.717, 1.165) is 11.8 Å². The second kappa shape index (κ2) is 6.60. The Kier molecular flexibility index (Phi) is 5.12. The SMILES string of the molecule is CNC(=O)NC(=O)CSc1ccc(C(=O)O)cn1. The Hall–Kier alpha value is -2.09. The van der Waals surface area contributed by atoms with E-state index in [1.54, 1.807) is 0 Å². The largest absolute Gasteiger partial charge is 0.478 e. The summed E-state index contributed by atoms with van der Waals surface area (Å²) in [5.74, 6) is -1.49. The zero-order chi connectivity index (χ0) is 13.5. The average Bonchev–Trinajstić information content (AvgIpc) is 2.36. The molecule has 7 nitrogen and oxygen atoms in total. The van der Waals surface area contributed by atoms with Crippen LogP contribution in [0.5, 0.6) is 0 Å². The monoisotopic (exact) mass is 269 g/mol. The Bertz CT molecular complexity index is 461. The van der Waals surface area contributed by atoms with E-state index < -0.39 is 17.9 Å². The topological polar surface area (TPSA) is 108 Å². The molecule has 8 heteroatoms. The van der Waals surface area contributed by atoms with Gasteiger partial charge < -0.3 is 10.4 Å². The van der Waals surface area contributed by atoms with Gasteiger partial charge in [-0.15, -0.1) is 0 Å². The Balaban J connectivity index is 2.46. The van der Waals surface area contributed by atoms with Crippen LogP contribution < -0.4 is 10.6 Å². The molecule has 1 aromatic heterocycles.